The summed E-state index contributed by atoms with van der Waals surface area (Å²) in [7, 11) is -2.18. The van der Waals surface area contributed by atoms with Crippen LogP contribution in [0.3, 0.4) is 0 Å². The van der Waals surface area contributed by atoms with Gasteiger partial charge in [-0.25, -0.2) is 0 Å². The lowest BCUT2D eigenvalue weighted by Crippen LogP contribution is -2.42. The van der Waals surface area contributed by atoms with E-state index in [1.54, 1.807) is 6.08 Å². The molecule has 5 nitrogen and oxygen atoms in total. The van der Waals surface area contributed by atoms with Crippen LogP contribution in [0.5, 0.6) is 11.5 Å². The average molecular weight is 575 g/mol. The molecular formula is C35H46O5Si. The fourth-order valence-corrected chi connectivity index (χ4v) is 6.25. The summed E-state index contributed by atoms with van der Waals surface area (Å²) in [5, 5.41) is 0.0229. The van der Waals surface area contributed by atoms with E-state index in [1.165, 1.54) is 0 Å². The molecule has 0 saturated heterocycles. The van der Waals surface area contributed by atoms with Gasteiger partial charge in [0.25, 0.3) is 0 Å². The zero-order valence-corrected chi connectivity index (χ0v) is 26.7. The van der Waals surface area contributed by atoms with Crippen molar-refractivity contribution in [2.45, 2.75) is 91.3 Å². The van der Waals surface area contributed by atoms with Crippen LogP contribution in [0.2, 0.25) is 18.1 Å². The summed E-state index contributed by atoms with van der Waals surface area (Å²) in [4.78, 5) is 12.0. The molecular weight excluding hydrogens is 528 g/mol. The minimum atomic E-state index is -2.18. The molecule has 0 spiro atoms. The van der Waals surface area contributed by atoms with Crippen molar-refractivity contribution in [2.24, 2.45) is 11.8 Å². The average Bonchev–Trinajstić information content (AvgIpc) is 3.24. The fourth-order valence-electron chi connectivity index (χ4n) is 4.96. The van der Waals surface area contributed by atoms with Crippen molar-refractivity contribution in [3.05, 3.63) is 95.5 Å². The Bertz CT molecular complexity index is 1300. The van der Waals surface area contributed by atoms with Crippen molar-refractivity contribution in [2.75, 3.05) is 0 Å². The lowest BCUT2D eigenvalue weighted by molar-refractivity contribution is -0.116. The summed E-state index contributed by atoms with van der Waals surface area (Å²) < 4.78 is 26.5. The monoisotopic (exact) mass is 574 g/mol. The first kappa shape index (κ1) is 30.9. The predicted octanol–water partition coefficient (Wildman–Crippen LogP) is 9.37. The van der Waals surface area contributed by atoms with Crippen LogP contribution in [-0.4, -0.2) is 14.1 Å². The number of carbonyl (C=O) groups is 1. The molecule has 1 aliphatic carbocycles. The molecule has 0 saturated carbocycles. The van der Waals surface area contributed by atoms with Gasteiger partial charge < -0.3 is 18.3 Å². The van der Waals surface area contributed by atoms with Crippen molar-refractivity contribution < 1.29 is 23.1 Å². The molecule has 2 aromatic carbocycles. The first-order valence-corrected chi connectivity index (χ1v) is 17.7. The molecule has 41 heavy (non-hydrogen) atoms. The summed E-state index contributed by atoms with van der Waals surface area (Å²) >= 11 is 0. The molecule has 0 fully saturated rings. The first-order valence-electron chi connectivity index (χ1n) is 14.8. The zero-order valence-electron chi connectivity index (χ0n) is 25.7. The normalized spacial score (nSPS) is 18.4. The second-order valence-corrected chi connectivity index (χ2v) is 17.6. The van der Waals surface area contributed by atoms with E-state index in [1.807, 2.05) is 55.5 Å². The van der Waals surface area contributed by atoms with E-state index in [-0.39, 0.29) is 16.9 Å². The molecule has 0 N–H and O–H groups in total. The minimum absolute atomic E-state index is 0.0229. The molecule has 1 aromatic heterocycles. The highest BCUT2D eigenvalue weighted by Crippen LogP contribution is 2.48. The van der Waals surface area contributed by atoms with Gasteiger partial charge >= 0.3 is 0 Å². The number of ether oxygens (including phenoxy) is 2. The molecule has 3 atom stereocenters. The van der Waals surface area contributed by atoms with Crippen LogP contribution < -0.4 is 9.47 Å². The van der Waals surface area contributed by atoms with Gasteiger partial charge in [-0.3, -0.25) is 4.79 Å². The predicted molar refractivity (Wildman–Crippen MR) is 167 cm³/mol. The molecule has 1 aliphatic rings. The minimum Gasteiger partial charge on any atom is -0.482 e. The van der Waals surface area contributed by atoms with Crippen molar-refractivity contribution in [1.29, 1.82) is 0 Å². The largest absolute Gasteiger partial charge is 0.482 e. The number of hydrogen-bond donors (Lipinski definition) is 0. The maximum Gasteiger partial charge on any atom is 0.206 e. The molecule has 3 aromatic rings. The Balaban J connectivity index is 1.69. The number of rotatable bonds is 12. The van der Waals surface area contributed by atoms with Gasteiger partial charge in [0.05, 0.1) is 0 Å². The van der Waals surface area contributed by atoms with Crippen LogP contribution in [0.4, 0.5) is 0 Å². The van der Waals surface area contributed by atoms with E-state index in [0.717, 1.165) is 24.0 Å². The third-order valence-corrected chi connectivity index (χ3v) is 13.0. The van der Waals surface area contributed by atoms with Gasteiger partial charge in [0.2, 0.25) is 11.5 Å². The lowest BCUT2D eigenvalue weighted by Gasteiger charge is -2.39. The van der Waals surface area contributed by atoms with E-state index in [2.05, 4.69) is 59.0 Å². The van der Waals surface area contributed by atoms with Gasteiger partial charge in [-0.1, -0.05) is 94.4 Å². The Kier molecular flexibility index (Phi) is 9.98. The molecule has 220 valence electrons. The number of hydrogen-bond acceptors (Lipinski definition) is 5. The van der Waals surface area contributed by atoms with Gasteiger partial charge in [0.15, 0.2) is 19.9 Å². The van der Waals surface area contributed by atoms with E-state index in [0.29, 0.717) is 54.5 Å². The maximum absolute atomic E-state index is 12.0. The standard InChI is InChI=1S/C35H46O5Si/c1-25-22-30(36)20-18-29(25)19-21-31(40-41(6,7)35(3,4)5)33-34(38-24-28-16-12-9-13-17-28)32(26(2)39-33)37-23-27-14-10-8-11-15-27/h8-18,20,25,29,31H,19,21-24H2,1-7H3/t25-,29+,31+/m0/s1. The number of allylic oxidation sites excluding steroid dienone is 2. The quantitative estimate of drug-likeness (QED) is 0.202. The number of ketones is 1. The first-order chi connectivity index (χ1) is 19.4. The number of furan rings is 1. The molecule has 0 radical (unpaired) electrons. The van der Waals surface area contributed by atoms with E-state index >= 15 is 0 Å². The summed E-state index contributed by atoms with van der Waals surface area (Å²) in [6.45, 7) is 16.2. The highest BCUT2D eigenvalue weighted by Gasteiger charge is 2.42. The SMILES string of the molecule is Cc1oc([C@@H](CC[C@H]2C=CC(=O)C[C@@H]2C)O[Si](C)(C)C(C)(C)C)c(OCc2ccccc2)c1OCc1ccccc1. The Labute approximate surface area is 247 Å². The Morgan fingerprint density at radius 2 is 1.49 bits per heavy atom. The zero-order chi connectivity index (χ0) is 29.6. The van der Waals surface area contributed by atoms with Crippen LogP contribution in [0.1, 0.15) is 75.7 Å². The van der Waals surface area contributed by atoms with Crippen LogP contribution in [0.25, 0.3) is 0 Å². The number of benzene rings is 2. The van der Waals surface area contributed by atoms with Gasteiger partial charge in [-0.05, 0) is 66.9 Å². The summed E-state index contributed by atoms with van der Waals surface area (Å²) in [5.74, 6) is 3.44. The second-order valence-electron chi connectivity index (χ2n) is 12.8. The van der Waals surface area contributed by atoms with E-state index < -0.39 is 8.32 Å². The maximum atomic E-state index is 12.0. The van der Waals surface area contributed by atoms with Crippen molar-refractivity contribution >= 4 is 14.1 Å². The number of aryl methyl sites for hydroxylation is 1. The molecule has 4 rings (SSSR count). The molecule has 0 bridgehead atoms. The Hall–Kier alpha value is -3.09. The van der Waals surface area contributed by atoms with Crippen LogP contribution >= 0.6 is 0 Å². The molecule has 0 amide bonds. The third-order valence-electron chi connectivity index (χ3n) is 8.55. The van der Waals surface area contributed by atoms with E-state index in [4.69, 9.17) is 18.3 Å². The third kappa shape index (κ3) is 8.01. The fraction of sp³-hybridized carbons (Fsp3) is 0.457. The van der Waals surface area contributed by atoms with Gasteiger partial charge in [-0.2, -0.15) is 0 Å². The van der Waals surface area contributed by atoms with Crippen molar-refractivity contribution in [3.8, 4) is 11.5 Å². The number of carbonyl (C=O) groups excluding carboxylic acids is 1. The topological polar surface area (TPSA) is 57.9 Å². The van der Waals surface area contributed by atoms with Crippen molar-refractivity contribution in [3.63, 3.8) is 0 Å². The molecule has 0 unspecified atom stereocenters. The van der Waals surface area contributed by atoms with E-state index in [9.17, 15) is 4.79 Å². The van der Waals surface area contributed by atoms with Gasteiger partial charge in [0.1, 0.15) is 25.1 Å². The summed E-state index contributed by atoms with van der Waals surface area (Å²) in [5.41, 5.74) is 2.14. The highest BCUT2D eigenvalue weighted by atomic mass is 28.4. The summed E-state index contributed by atoms with van der Waals surface area (Å²) in [6.07, 6.45) is 5.77. The molecule has 6 heteroatoms. The molecule has 0 aliphatic heterocycles. The second kappa shape index (κ2) is 13.3. The molecule has 1 heterocycles. The lowest BCUT2D eigenvalue weighted by atomic mass is 9.81. The Morgan fingerprint density at radius 1 is 0.927 bits per heavy atom. The highest BCUT2D eigenvalue weighted by molar-refractivity contribution is 6.74. The van der Waals surface area contributed by atoms with Gasteiger partial charge in [0, 0.05) is 6.42 Å². The van der Waals surface area contributed by atoms with Gasteiger partial charge in [-0.15, -0.1) is 0 Å². The Morgan fingerprint density at radius 3 is 2.02 bits per heavy atom. The smallest absolute Gasteiger partial charge is 0.206 e. The van der Waals surface area contributed by atoms with Crippen molar-refractivity contribution in [1.82, 2.24) is 0 Å². The van der Waals surface area contributed by atoms with Crippen LogP contribution in [-0.2, 0) is 22.4 Å². The van der Waals surface area contributed by atoms with Crippen LogP contribution in [0.15, 0.2) is 77.2 Å². The van der Waals surface area contributed by atoms with Crippen LogP contribution in [0, 0.1) is 18.8 Å². The summed E-state index contributed by atoms with van der Waals surface area (Å²) in [6, 6.07) is 20.3.